The highest BCUT2D eigenvalue weighted by molar-refractivity contribution is 7.89. The van der Waals surface area contributed by atoms with Gasteiger partial charge in [0, 0.05) is 5.54 Å². The number of sulfonamides is 1. The van der Waals surface area contributed by atoms with Crippen molar-refractivity contribution < 1.29 is 17.9 Å². The molecule has 0 aliphatic carbocycles. The van der Waals surface area contributed by atoms with Gasteiger partial charge in [0.1, 0.15) is 5.54 Å². The summed E-state index contributed by atoms with van der Waals surface area (Å²) in [6.45, 7) is 7.22. The fraction of sp³-hybridized carbons (Fsp3) is 0.562. The van der Waals surface area contributed by atoms with Crippen LogP contribution in [0.1, 0.15) is 39.2 Å². The van der Waals surface area contributed by atoms with Crippen molar-refractivity contribution in [2.75, 3.05) is 7.11 Å². The molecule has 6 heteroatoms. The summed E-state index contributed by atoms with van der Waals surface area (Å²) in [6.07, 6.45) is 1.04. The van der Waals surface area contributed by atoms with Crippen LogP contribution in [0.2, 0.25) is 0 Å². The topological polar surface area (TPSA) is 63.7 Å². The van der Waals surface area contributed by atoms with E-state index >= 15 is 0 Å². The van der Waals surface area contributed by atoms with E-state index in [1.165, 1.54) is 11.4 Å². The van der Waals surface area contributed by atoms with Crippen molar-refractivity contribution in [2.45, 2.75) is 56.5 Å². The van der Waals surface area contributed by atoms with Crippen LogP contribution in [0.15, 0.2) is 29.2 Å². The van der Waals surface area contributed by atoms with Crippen LogP contribution in [-0.2, 0) is 19.6 Å². The van der Waals surface area contributed by atoms with Gasteiger partial charge in [0.2, 0.25) is 10.0 Å². The Morgan fingerprint density at radius 3 is 2.18 bits per heavy atom. The van der Waals surface area contributed by atoms with Gasteiger partial charge in [-0.25, -0.2) is 8.42 Å². The first-order valence-corrected chi connectivity index (χ1v) is 8.70. The number of methoxy groups -OCH3 is 1. The molecule has 1 aromatic rings. The maximum Gasteiger partial charge on any atom is 0.327 e. The number of rotatable bonds is 3. The predicted octanol–water partition coefficient (Wildman–Crippen LogP) is 2.49. The van der Waals surface area contributed by atoms with Gasteiger partial charge < -0.3 is 4.74 Å². The van der Waals surface area contributed by atoms with Gasteiger partial charge >= 0.3 is 5.97 Å². The van der Waals surface area contributed by atoms with Crippen LogP contribution in [0, 0.1) is 6.92 Å². The van der Waals surface area contributed by atoms with E-state index < -0.39 is 27.1 Å². The van der Waals surface area contributed by atoms with Crippen LogP contribution in [0.5, 0.6) is 0 Å². The Labute approximate surface area is 132 Å². The van der Waals surface area contributed by atoms with E-state index in [9.17, 15) is 13.2 Å². The lowest BCUT2D eigenvalue weighted by Crippen LogP contribution is -2.57. The Morgan fingerprint density at radius 2 is 1.68 bits per heavy atom. The van der Waals surface area contributed by atoms with Gasteiger partial charge in [0.15, 0.2) is 0 Å². The molecule has 0 bridgehead atoms. The summed E-state index contributed by atoms with van der Waals surface area (Å²) in [5.41, 5.74) is -0.843. The second-order valence-corrected chi connectivity index (χ2v) is 8.45. The molecule has 122 valence electrons. The molecule has 22 heavy (non-hydrogen) atoms. The monoisotopic (exact) mass is 325 g/mol. The fourth-order valence-electron chi connectivity index (χ4n) is 3.23. The molecule has 1 atom stereocenters. The zero-order chi connectivity index (χ0) is 16.8. The molecule has 1 fully saturated rings. The van der Waals surface area contributed by atoms with Crippen LogP contribution >= 0.6 is 0 Å². The first-order valence-electron chi connectivity index (χ1n) is 7.26. The Hall–Kier alpha value is -1.40. The first kappa shape index (κ1) is 17.0. The maximum absolute atomic E-state index is 13.1. The van der Waals surface area contributed by atoms with E-state index in [0.717, 1.165) is 5.56 Å². The van der Waals surface area contributed by atoms with Crippen molar-refractivity contribution in [2.24, 2.45) is 0 Å². The number of hydrogen-bond donors (Lipinski definition) is 0. The van der Waals surface area contributed by atoms with Gasteiger partial charge in [-0.3, -0.25) is 4.79 Å². The molecule has 1 aromatic carbocycles. The van der Waals surface area contributed by atoms with E-state index in [1.807, 2.05) is 20.8 Å². The largest absolute Gasteiger partial charge is 0.468 e. The molecule has 1 aliphatic heterocycles. The SMILES string of the molecule is COC(=O)[C@@]1(C)CCC(C)(C)N1S(=O)(=O)c1ccc(C)cc1. The molecule has 1 saturated heterocycles. The third-order valence-electron chi connectivity index (χ3n) is 4.41. The van der Waals surface area contributed by atoms with Gasteiger partial charge in [-0.05, 0) is 52.7 Å². The lowest BCUT2D eigenvalue weighted by Gasteiger charge is -2.39. The smallest absolute Gasteiger partial charge is 0.327 e. The van der Waals surface area contributed by atoms with E-state index in [-0.39, 0.29) is 4.90 Å². The molecule has 0 saturated carbocycles. The number of benzene rings is 1. The molecule has 0 unspecified atom stereocenters. The molecule has 5 nitrogen and oxygen atoms in total. The molecule has 1 aliphatic rings. The summed E-state index contributed by atoms with van der Waals surface area (Å²) in [7, 11) is -2.51. The predicted molar refractivity (Wildman–Crippen MR) is 83.9 cm³/mol. The minimum Gasteiger partial charge on any atom is -0.468 e. The quantitative estimate of drug-likeness (QED) is 0.801. The molecule has 0 radical (unpaired) electrons. The van der Waals surface area contributed by atoms with E-state index in [4.69, 9.17) is 4.74 Å². The Bertz CT molecular complexity index is 679. The van der Waals surface area contributed by atoms with Gasteiger partial charge in [-0.2, -0.15) is 4.31 Å². The molecule has 0 aromatic heterocycles. The molecular weight excluding hydrogens is 302 g/mol. The van der Waals surface area contributed by atoms with Gasteiger partial charge in [-0.1, -0.05) is 17.7 Å². The van der Waals surface area contributed by atoms with E-state index in [2.05, 4.69) is 0 Å². The molecular formula is C16H23NO4S. The molecule has 0 amide bonds. The minimum atomic E-state index is -3.79. The summed E-state index contributed by atoms with van der Waals surface area (Å²) in [5.74, 6) is -0.520. The highest BCUT2D eigenvalue weighted by atomic mass is 32.2. The molecule has 0 spiro atoms. The second kappa shape index (κ2) is 5.35. The van der Waals surface area contributed by atoms with Crippen LogP contribution in [-0.4, -0.2) is 36.9 Å². The molecule has 2 rings (SSSR count). The Morgan fingerprint density at radius 1 is 1.14 bits per heavy atom. The number of aryl methyl sites for hydroxylation is 1. The second-order valence-electron chi connectivity index (χ2n) is 6.66. The van der Waals surface area contributed by atoms with Crippen molar-refractivity contribution in [3.63, 3.8) is 0 Å². The average molecular weight is 325 g/mol. The number of esters is 1. The van der Waals surface area contributed by atoms with Crippen LogP contribution < -0.4 is 0 Å². The third-order valence-corrected chi connectivity index (χ3v) is 6.65. The zero-order valence-electron chi connectivity index (χ0n) is 13.7. The Balaban J connectivity index is 2.59. The zero-order valence-corrected chi connectivity index (χ0v) is 14.5. The van der Waals surface area contributed by atoms with Gasteiger partial charge in [-0.15, -0.1) is 0 Å². The van der Waals surface area contributed by atoms with Gasteiger partial charge in [0.05, 0.1) is 12.0 Å². The summed E-state index contributed by atoms with van der Waals surface area (Å²) < 4.78 is 32.4. The van der Waals surface area contributed by atoms with Crippen molar-refractivity contribution in [3.8, 4) is 0 Å². The van der Waals surface area contributed by atoms with Crippen LogP contribution in [0.3, 0.4) is 0 Å². The number of ether oxygens (including phenoxy) is 1. The van der Waals surface area contributed by atoms with E-state index in [1.54, 1.807) is 31.2 Å². The summed E-state index contributed by atoms with van der Waals surface area (Å²) >= 11 is 0. The lowest BCUT2D eigenvalue weighted by atomic mass is 9.99. The lowest BCUT2D eigenvalue weighted by molar-refractivity contribution is -0.151. The highest BCUT2D eigenvalue weighted by Gasteiger charge is 2.58. The normalized spacial score (nSPS) is 25.1. The summed E-state index contributed by atoms with van der Waals surface area (Å²) in [6, 6.07) is 6.67. The maximum atomic E-state index is 13.1. The van der Waals surface area contributed by atoms with Crippen molar-refractivity contribution in [3.05, 3.63) is 29.8 Å². The summed E-state index contributed by atoms with van der Waals surface area (Å²) in [4.78, 5) is 12.4. The van der Waals surface area contributed by atoms with Crippen molar-refractivity contribution >= 4 is 16.0 Å². The number of nitrogens with zero attached hydrogens (tertiary/aromatic N) is 1. The number of carbonyl (C=O) groups is 1. The highest BCUT2D eigenvalue weighted by Crippen LogP contribution is 2.45. The van der Waals surface area contributed by atoms with Crippen molar-refractivity contribution in [1.29, 1.82) is 0 Å². The van der Waals surface area contributed by atoms with Gasteiger partial charge in [0.25, 0.3) is 0 Å². The van der Waals surface area contributed by atoms with E-state index in [0.29, 0.717) is 12.8 Å². The third kappa shape index (κ3) is 2.54. The summed E-state index contributed by atoms with van der Waals surface area (Å²) in [5, 5.41) is 0. The average Bonchev–Trinajstić information content (AvgIpc) is 2.70. The van der Waals surface area contributed by atoms with Crippen LogP contribution in [0.4, 0.5) is 0 Å². The first-order chi connectivity index (χ1) is 10.1. The Kier molecular flexibility index (Phi) is 4.13. The number of hydrogen-bond acceptors (Lipinski definition) is 4. The van der Waals surface area contributed by atoms with Crippen LogP contribution in [0.25, 0.3) is 0 Å². The molecule has 0 N–H and O–H groups in total. The number of carbonyl (C=O) groups excluding carboxylic acids is 1. The standard InChI is InChI=1S/C16H23NO4S/c1-12-6-8-13(9-7-12)22(19,20)17-15(2,3)10-11-16(17,4)14(18)21-5/h6-9H,10-11H2,1-5H3/t16-/m1/s1. The van der Waals surface area contributed by atoms with Crippen molar-refractivity contribution in [1.82, 2.24) is 4.31 Å². The minimum absolute atomic E-state index is 0.197. The fourth-order valence-corrected chi connectivity index (χ4v) is 5.36. The molecule has 1 heterocycles.